The molecule has 0 saturated heterocycles. The van der Waals surface area contributed by atoms with Gasteiger partial charge in [-0.1, -0.05) is 161 Å². The molecule has 0 amide bonds. The van der Waals surface area contributed by atoms with Crippen LogP contribution < -0.4 is 0 Å². The molecule has 0 spiro atoms. The van der Waals surface area contributed by atoms with Gasteiger partial charge in [0.15, 0.2) is 0 Å². The second-order valence-corrected chi connectivity index (χ2v) is 10.8. The Morgan fingerprint density at radius 1 is 0.324 bits per heavy atom. The number of aliphatic hydroxyl groups excluding tert-OH is 2. The standard InChI is InChI=1S/C31H65NO2/c1-2-3-4-5-6-7-8-9-10-11-12-13-14-15-16-17-18-19-20-21-22-23-24-25-26-27-32(28-30-33)29-31-34/h33-34H,2-31H2,1H3. The molecular formula is C31H65NO2. The van der Waals surface area contributed by atoms with E-state index in [9.17, 15) is 0 Å². The highest BCUT2D eigenvalue weighted by Gasteiger charge is 2.02. The zero-order valence-corrected chi connectivity index (χ0v) is 23.6. The average Bonchev–Trinajstić information content (AvgIpc) is 2.84. The molecule has 206 valence electrons. The minimum Gasteiger partial charge on any atom is -0.395 e. The molecule has 0 aromatic rings. The zero-order chi connectivity index (χ0) is 24.8. The first-order valence-electron chi connectivity index (χ1n) is 15.8. The number of nitrogens with zero attached hydrogens (tertiary/aromatic N) is 1. The van der Waals surface area contributed by atoms with E-state index in [1.54, 1.807) is 0 Å². The van der Waals surface area contributed by atoms with Crippen molar-refractivity contribution in [1.82, 2.24) is 4.90 Å². The van der Waals surface area contributed by atoms with Gasteiger partial charge in [0.25, 0.3) is 0 Å². The van der Waals surface area contributed by atoms with Crippen LogP contribution in [0.5, 0.6) is 0 Å². The van der Waals surface area contributed by atoms with Crippen molar-refractivity contribution in [3.05, 3.63) is 0 Å². The Bertz CT molecular complexity index is 344. The van der Waals surface area contributed by atoms with Gasteiger partial charge in [0.1, 0.15) is 0 Å². The normalized spacial score (nSPS) is 11.6. The minimum absolute atomic E-state index is 0.194. The van der Waals surface area contributed by atoms with Gasteiger partial charge in [-0.05, 0) is 13.0 Å². The van der Waals surface area contributed by atoms with Crippen LogP contribution in [0.1, 0.15) is 167 Å². The Kier molecular flexibility index (Phi) is 30.8. The van der Waals surface area contributed by atoms with Crippen LogP contribution in [0.4, 0.5) is 0 Å². The van der Waals surface area contributed by atoms with Crippen molar-refractivity contribution >= 4 is 0 Å². The van der Waals surface area contributed by atoms with Crippen LogP contribution in [0.15, 0.2) is 0 Å². The van der Waals surface area contributed by atoms with E-state index in [2.05, 4.69) is 11.8 Å². The molecule has 3 nitrogen and oxygen atoms in total. The molecule has 0 unspecified atom stereocenters. The van der Waals surface area contributed by atoms with Gasteiger partial charge in [-0.3, -0.25) is 4.90 Å². The third-order valence-corrected chi connectivity index (χ3v) is 7.41. The van der Waals surface area contributed by atoms with Crippen molar-refractivity contribution in [2.75, 3.05) is 32.8 Å². The van der Waals surface area contributed by atoms with E-state index in [4.69, 9.17) is 10.2 Å². The SMILES string of the molecule is CCCCCCCCCCCCCCCCCCCCCCCCCCCN(CCO)CCO. The largest absolute Gasteiger partial charge is 0.395 e. The lowest BCUT2D eigenvalue weighted by atomic mass is 10.0. The number of hydrogen-bond donors (Lipinski definition) is 2. The highest BCUT2D eigenvalue weighted by Crippen LogP contribution is 2.15. The quantitative estimate of drug-likeness (QED) is 0.100. The highest BCUT2D eigenvalue weighted by atomic mass is 16.3. The van der Waals surface area contributed by atoms with Crippen LogP contribution in [-0.2, 0) is 0 Å². The molecule has 3 heteroatoms. The Labute approximate surface area is 215 Å². The molecule has 2 N–H and O–H groups in total. The Hall–Kier alpha value is -0.120. The number of hydrogen-bond acceptors (Lipinski definition) is 3. The summed E-state index contributed by atoms with van der Waals surface area (Å²) < 4.78 is 0. The second kappa shape index (κ2) is 30.9. The van der Waals surface area contributed by atoms with Crippen LogP contribution in [0.25, 0.3) is 0 Å². The fourth-order valence-electron chi connectivity index (χ4n) is 5.09. The molecule has 0 fully saturated rings. The monoisotopic (exact) mass is 484 g/mol. The molecule has 0 aliphatic heterocycles. The van der Waals surface area contributed by atoms with E-state index >= 15 is 0 Å². The number of rotatable bonds is 30. The summed E-state index contributed by atoms with van der Waals surface area (Å²) in [5, 5.41) is 18.1. The molecule has 0 rings (SSSR count). The van der Waals surface area contributed by atoms with Gasteiger partial charge < -0.3 is 10.2 Å². The fraction of sp³-hybridized carbons (Fsp3) is 1.00. The highest BCUT2D eigenvalue weighted by molar-refractivity contribution is 4.57. The molecule has 0 aliphatic rings. The van der Waals surface area contributed by atoms with Gasteiger partial charge in [0.2, 0.25) is 0 Å². The summed E-state index contributed by atoms with van der Waals surface area (Å²) >= 11 is 0. The summed E-state index contributed by atoms with van der Waals surface area (Å²) in [6.07, 6.45) is 35.7. The van der Waals surface area contributed by atoms with Crippen LogP contribution in [0.2, 0.25) is 0 Å². The summed E-state index contributed by atoms with van der Waals surface area (Å²) in [6.45, 7) is 5.09. The number of unbranched alkanes of at least 4 members (excludes halogenated alkanes) is 24. The lowest BCUT2D eigenvalue weighted by Crippen LogP contribution is -2.30. The maximum atomic E-state index is 9.03. The first kappa shape index (κ1) is 33.9. The summed E-state index contributed by atoms with van der Waals surface area (Å²) in [4.78, 5) is 2.17. The maximum Gasteiger partial charge on any atom is 0.0558 e. The van der Waals surface area contributed by atoms with Crippen LogP contribution in [0.3, 0.4) is 0 Å². The van der Waals surface area contributed by atoms with Crippen molar-refractivity contribution in [2.24, 2.45) is 0 Å². The average molecular weight is 484 g/mol. The molecule has 0 radical (unpaired) electrons. The van der Waals surface area contributed by atoms with Crippen molar-refractivity contribution in [3.8, 4) is 0 Å². The van der Waals surface area contributed by atoms with E-state index in [1.807, 2.05) is 0 Å². The topological polar surface area (TPSA) is 43.7 Å². The van der Waals surface area contributed by atoms with E-state index < -0.39 is 0 Å². The third kappa shape index (κ3) is 28.1. The number of aliphatic hydroxyl groups is 2. The second-order valence-electron chi connectivity index (χ2n) is 10.8. The van der Waals surface area contributed by atoms with Gasteiger partial charge in [-0.15, -0.1) is 0 Å². The summed E-state index contributed by atoms with van der Waals surface area (Å²) in [5.41, 5.74) is 0. The van der Waals surface area contributed by atoms with Crippen LogP contribution >= 0.6 is 0 Å². The maximum absolute atomic E-state index is 9.03. The molecule has 0 aromatic carbocycles. The van der Waals surface area contributed by atoms with E-state index in [0.29, 0.717) is 13.1 Å². The van der Waals surface area contributed by atoms with Gasteiger partial charge >= 0.3 is 0 Å². The Morgan fingerprint density at radius 2 is 0.559 bits per heavy atom. The lowest BCUT2D eigenvalue weighted by Gasteiger charge is -2.19. The van der Waals surface area contributed by atoms with Crippen molar-refractivity contribution in [1.29, 1.82) is 0 Å². The zero-order valence-electron chi connectivity index (χ0n) is 23.6. The minimum atomic E-state index is 0.194. The van der Waals surface area contributed by atoms with Gasteiger partial charge in [0, 0.05) is 13.1 Å². The molecule has 0 saturated carbocycles. The summed E-state index contributed by atoms with van der Waals surface area (Å²) in [5.74, 6) is 0. The predicted molar refractivity (Wildman–Crippen MR) is 152 cm³/mol. The van der Waals surface area contributed by atoms with Gasteiger partial charge in [0.05, 0.1) is 13.2 Å². The van der Waals surface area contributed by atoms with E-state index in [0.717, 1.165) is 6.54 Å². The fourth-order valence-corrected chi connectivity index (χ4v) is 5.09. The molecular weight excluding hydrogens is 418 g/mol. The Morgan fingerprint density at radius 3 is 0.794 bits per heavy atom. The molecule has 0 atom stereocenters. The van der Waals surface area contributed by atoms with Crippen molar-refractivity contribution in [3.63, 3.8) is 0 Å². The molecule has 0 aromatic heterocycles. The van der Waals surface area contributed by atoms with Gasteiger partial charge in [-0.25, -0.2) is 0 Å². The summed E-state index contributed by atoms with van der Waals surface area (Å²) in [7, 11) is 0. The van der Waals surface area contributed by atoms with E-state index in [-0.39, 0.29) is 13.2 Å². The molecule has 0 heterocycles. The Balaban J connectivity index is 3.10. The molecule has 0 bridgehead atoms. The third-order valence-electron chi connectivity index (χ3n) is 7.41. The lowest BCUT2D eigenvalue weighted by molar-refractivity contribution is 0.159. The van der Waals surface area contributed by atoms with Crippen LogP contribution in [-0.4, -0.2) is 48.0 Å². The van der Waals surface area contributed by atoms with Crippen molar-refractivity contribution in [2.45, 2.75) is 167 Å². The van der Waals surface area contributed by atoms with E-state index in [1.165, 1.54) is 161 Å². The predicted octanol–water partition coefficient (Wildman–Crippen LogP) is 9.05. The first-order valence-corrected chi connectivity index (χ1v) is 15.8. The molecule has 34 heavy (non-hydrogen) atoms. The van der Waals surface area contributed by atoms with Crippen LogP contribution in [0, 0.1) is 0 Å². The molecule has 0 aliphatic carbocycles. The summed E-state index contributed by atoms with van der Waals surface area (Å²) in [6, 6.07) is 0. The smallest absolute Gasteiger partial charge is 0.0558 e. The van der Waals surface area contributed by atoms with Crippen molar-refractivity contribution < 1.29 is 10.2 Å². The first-order chi connectivity index (χ1) is 16.8. The van der Waals surface area contributed by atoms with Gasteiger partial charge in [-0.2, -0.15) is 0 Å².